The van der Waals surface area contributed by atoms with E-state index in [2.05, 4.69) is 20.5 Å². The van der Waals surface area contributed by atoms with Crippen molar-refractivity contribution in [1.82, 2.24) is 20.5 Å². The van der Waals surface area contributed by atoms with Crippen LogP contribution in [0.15, 0.2) is 17.8 Å². The SMILES string of the molecule is Cc1ccsc1C(=O)NCc1ncn[nH]1. The molecule has 0 spiro atoms. The van der Waals surface area contributed by atoms with E-state index in [9.17, 15) is 4.79 Å². The molecule has 2 N–H and O–H groups in total. The average Bonchev–Trinajstić information content (AvgIpc) is 2.84. The fraction of sp³-hybridized carbons (Fsp3) is 0.222. The minimum absolute atomic E-state index is 0.0705. The maximum atomic E-state index is 11.7. The van der Waals surface area contributed by atoms with Gasteiger partial charge in [-0.15, -0.1) is 11.3 Å². The number of amides is 1. The lowest BCUT2D eigenvalue weighted by Gasteiger charge is -2.01. The fourth-order valence-electron chi connectivity index (χ4n) is 1.17. The number of hydrogen-bond acceptors (Lipinski definition) is 4. The second-order valence-corrected chi connectivity index (χ2v) is 3.96. The highest BCUT2D eigenvalue weighted by molar-refractivity contribution is 7.12. The predicted molar refractivity (Wildman–Crippen MR) is 56.6 cm³/mol. The normalized spacial score (nSPS) is 10.2. The van der Waals surface area contributed by atoms with Gasteiger partial charge in [-0.2, -0.15) is 5.10 Å². The molecule has 2 heterocycles. The number of thiophene rings is 1. The van der Waals surface area contributed by atoms with Gasteiger partial charge in [0.05, 0.1) is 11.4 Å². The van der Waals surface area contributed by atoms with Gasteiger partial charge >= 0.3 is 0 Å². The third-order valence-electron chi connectivity index (χ3n) is 1.95. The van der Waals surface area contributed by atoms with E-state index in [0.717, 1.165) is 10.4 Å². The topological polar surface area (TPSA) is 70.7 Å². The van der Waals surface area contributed by atoms with Gasteiger partial charge in [-0.05, 0) is 23.9 Å². The molecule has 15 heavy (non-hydrogen) atoms. The molecule has 2 aromatic rings. The summed E-state index contributed by atoms with van der Waals surface area (Å²) in [5.41, 5.74) is 0.995. The number of nitrogens with one attached hydrogen (secondary N) is 2. The Hall–Kier alpha value is -1.69. The van der Waals surface area contributed by atoms with Gasteiger partial charge < -0.3 is 5.32 Å². The summed E-state index contributed by atoms with van der Waals surface area (Å²) < 4.78 is 0. The molecule has 6 heteroatoms. The summed E-state index contributed by atoms with van der Waals surface area (Å²) in [6.07, 6.45) is 1.41. The van der Waals surface area contributed by atoms with Crippen LogP contribution in [0.2, 0.25) is 0 Å². The van der Waals surface area contributed by atoms with Gasteiger partial charge in [-0.1, -0.05) is 0 Å². The van der Waals surface area contributed by atoms with Gasteiger partial charge in [0.2, 0.25) is 0 Å². The summed E-state index contributed by atoms with van der Waals surface area (Å²) in [6, 6.07) is 1.92. The molecule has 0 saturated carbocycles. The van der Waals surface area contributed by atoms with Gasteiger partial charge in [0.25, 0.3) is 5.91 Å². The number of hydrogen-bond donors (Lipinski definition) is 2. The first-order chi connectivity index (χ1) is 7.27. The van der Waals surface area contributed by atoms with Crippen LogP contribution in [-0.4, -0.2) is 21.1 Å². The number of carbonyl (C=O) groups is 1. The number of H-pyrrole nitrogens is 1. The Balaban J connectivity index is 1.96. The van der Waals surface area contributed by atoms with Crippen LogP contribution >= 0.6 is 11.3 Å². The van der Waals surface area contributed by atoms with E-state index in [0.29, 0.717) is 12.4 Å². The average molecular weight is 222 g/mol. The summed E-state index contributed by atoms with van der Waals surface area (Å²) in [5.74, 6) is 0.580. The van der Waals surface area contributed by atoms with Crippen LogP contribution in [0.25, 0.3) is 0 Å². The fourth-order valence-corrected chi connectivity index (χ4v) is 2.01. The number of aromatic amines is 1. The predicted octanol–water partition coefficient (Wildman–Crippen LogP) is 1.10. The Morgan fingerprint density at radius 1 is 1.67 bits per heavy atom. The highest BCUT2D eigenvalue weighted by Crippen LogP contribution is 2.14. The number of aryl methyl sites for hydroxylation is 1. The molecule has 0 saturated heterocycles. The molecule has 0 atom stereocenters. The number of rotatable bonds is 3. The summed E-state index contributed by atoms with van der Waals surface area (Å²) in [6.45, 7) is 2.29. The molecular weight excluding hydrogens is 212 g/mol. The molecule has 0 aliphatic heterocycles. The van der Waals surface area contributed by atoms with Crippen LogP contribution in [0.5, 0.6) is 0 Å². The minimum Gasteiger partial charge on any atom is -0.344 e. The van der Waals surface area contributed by atoms with E-state index < -0.39 is 0 Å². The molecule has 0 aliphatic carbocycles. The highest BCUT2D eigenvalue weighted by Gasteiger charge is 2.09. The number of carbonyl (C=O) groups excluding carboxylic acids is 1. The van der Waals surface area contributed by atoms with Crippen molar-refractivity contribution in [2.45, 2.75) is 13.5 Å². The quantitative estimate of drug-likeness (QED) is 0.817. The van der Waals surface area contributed by atoms with Crippen molar-refractivity contribution in [3.8, 4) is 0 Å². The van der Waals surface area contributed by atoms with Gasteiger partial charge in [0.1, 0.15) is 12.2 Å². The second-order valence-electron chi connectivity index (χ2n) is 3.05. The lowest BCUT2D eigenvalue weighted by Crippen LogP contribution is -2.23. The van der Waals surface area contributed by atoms with E-state index >= 15 is 0 Å². The van der Waals surface area contributed by atoms with Crippen LogP contribution in [0.4, 0.5) is 0 Å². The molecule has 0 bridgehead atoms. The van der Waals surface area contributed by atoms with Crippen molar-refractivity contribution in [1.29, 1.82) is 0 Å². The molecule has 78 valence electrons. The first-order valence-electron chi connectivity index (χ1n) is 4.44. The van der Waals surface area contributed by atoms with Gasteiger partial charge in [0, 0.05) is 0 Å². The largest absolute Gasteiger partial charge is 0.344 e. The maximum Gasteiger partial charge on any atom is 0.261 e. The van der Waals surface area contributed by atoms with Crippen LogP contribution in [0.3, 0.4) is 0 Å². The first kappa shape index (κ1) is 9.85. The zero-order valence-corrected chi connectivity index (χ0v) is 8.97. The van der Waals surface area contributed by atoms with Gasteiger partial charge in [0.15, 0.2) is 0 Å². The molecule has 2 aromatic heterocycles. The van der Waals surface area contributed by atoms with E-state index in [1.54, 1.807) is 0 Å². The summed E-state index contributed by atoms with van der Waals surface area (Å²) in [7, 11) is 0. The van der Waals surface area contributed by atoms with Crippen LogP contribution in [-0.2, 0) is 6.54 Å². The molecule has 0 radical (unpaired) electrons. The van der Waals surface area contributed by atoms with Crippen LogP contribution in [0, 0.1) is 6.92 Å². The molecule has 1 amide bonds. The lowest BCUT2D eigenvalue weighted by molar-refractivity contribution is 0.0953. The molecule has 5 nitrogen and oxygen atoms in total. The minimum atomic E-state index is -0.0705. The molecule has 0 aliphatic rings. The van der Waals surface area contributed by atoms with Crippen LogP contribution in [0.1, 0.15) is 21.1 Å². The third kappa shape index (κ3) is 2.21. The van der Waals surface area contributed by atoms with Crippen molar-refractivity contribution in [3.05, 3.63) is 34.0 Å². The Morgan fingerprint density at radius 3 is 3.13 bits per heavy atom. The monoisotopic (exact) mass is 222 g/mol. The van der Waals surface area contributed by atoms with E-state index in [1.165, 1.54) is 17.7 Å². The highest BCUT2D eigenvalue weighted by atomic mass is 32.1. The smallest absolute Gasteiger partial charge is 0.261 e. The zero-order chi connectivity index (χ0) is 10.7. The Bertz CT molecular complexity index is 448. The van der Waals surface area contributed by atoms with Crippen molar-refractivity contribution < 1.29 is 4.79 Å². The maximum absolute atomic E-state index is 11.7. The first-order valence-corrected chi connectivity index (χ1v) is 5.32. The van der Waals surface area contributed by atoms with Crippen molar-refractivity contribution in [2.24, 2.45) is 0 Å². The zero-order valence-electron chi connectivity index (χ0n) is 8.15. The second kappa shape index (κ2) is 4.22. The number of nitrogens with zero attached hydrogens (tertiary/aromatic N) is 2. The van der Waals surface area contributed by atoms with E-state index in [1.807, 2.05) is 18.4 Å². The lowest BCUT2D eigenvalue weighted by atomic mass is 10.3. The summed E-state index contributed by atoms with van der Waals surface area (Å²) in [4.78, 5) is 16.3. The molecule has 0 fully saturated rings. The standard InChI is InChI=1S/C9H10N4OS/c1-6-2-3-15-8(6)9(14)10-4-7-11-5-12-13-7/h2-3,5H,4H2,1H3,(H,10,14)(H,11,12,13). The number of aromatic nitrogens is 3. The third-order valence-corrected chi connectivity index (χ3v) is 2.96. The Labute approximate surface area is 90.6 Å². The van der Waals surface area contributed by atoms with Gasteiger partial charge in [-0.25, -0.2) is 4.98 Å². The van der Waals surface area contributed by atoms with Crippen molar-refractivity contribution in [3.63, 3.8) is 0 Å². The van der Waals surface area contributed by atoms with Crippen molar-refractivity contribution in [2.75, 3.05) is 0 Å². The molecule has 0 unspecified atom stereocenters. The Morgan fingerprint density at radius 2 is 2.53 bits per heavy atom. The van der Waals surface area contributed by atoms with Crippen molar-refractivity contribution >= 4 is 17.2 Å². The molecule has 0 aromatic carbocycles. The van der Waals surface area contributed by atoms with Crippen LogP contribution < -0.4 is 5.32 Å². The molecule has 2 rings (SSSR count). The van der Waals surface area contributed by atoms with E-state index in [4.69, 9.17) is 0 Å². The van der Waals surface area contributed by atoms with E-state index in [-0.39, 0.29) is 5.91 Å². The summed E-state index contributed by atoms with van der Waals surface area (Å²) >= 11 is 1.44. The Kier molecular flexibility index (Phi) is 2.77. The molecular formula is C9H10N4OS. The van der Waals surface area contributed by atoms with Gasteiger partial charge in [-0.3, -0.25) is 9.89 Å². The summed E-state index contributed by atoms with van der Waals surface area (Å²) in [5, 5.41) is 11.0.